The number of aryl methyl sites for hydroxylation is 1. The summed E-state index contributed by atoms with van der Waals surface area (Å²) >= 11 is 5.95. The zero-order valence-corrected chi connectivity index (χ0v) is 11.0. The molecule has 0 spiro atoms. The molecular formula is C12H16Cl2N2. The highest BCUT2D eigenvalue weighted by atomic mass is 35.5. The quantitative estimate of drug-likeness (QED) is 0.882. The normalized spacial score (nSPS) is 12.5. The number of hydrogen-bond acceptors (Lipinski definition) is 1. The summed E-state index contributed by atoms with van der Waals surface area (Å²) in [6, 6.07) is 8.29. The lowest BCUT2D eigenvalue weighted by atomic mass is 10.2. The number of hydrogen-bond donors (Lipinski definition) is 1. The van der Waals surface area contributed by atoms with E-state index in [1.807, 2.05) is 25.1 Å². The van der Waals surface area contributed by atoms with E-state index in [1.54, 1.807) is 0 Å². The Kier molecular flexibility index (Phi) is 4.25. The maximum atomic E-state index is 5.95. The fourth-order valence-corrected chi connectivity index (χ4v) is 2.08. The minimum atomic E-state index is 0. The average molecular weight is 259 g/mol. The highest BCUT2D eigenvalue weighted by Crippen LogP contribution is 2.23. The first-order valence-corrected chi connectivity index (χ1v) is 5.45. The second-order valence-corrected chi connectivity index (χ2v) is 4.52. The first-order valence-electron chi connectivity index (χ1n) is 5.07. The second kappa shape index (κ2) is 5.09. The van der Waals surface area contributed by atoms with Crippen LogP contribution < -0.4 is 5.73 Å². The molecule has 0 aliphatic carbocycles. The molecule has 0 aliphatic rings. The van der Waals surface area contributed by atoms with Crippen molar-refractivity contribution in [3.05, 3.63) is 35.0 Å². The molecular weight excluding hydrogens is 243 g/mol. The van der Waals surface area contributed by atoms with Crippen LogP contribution in [0.2, 0.25) is 5.02 Å². The molecule has 2 N–H and O–H groups in total. The van der Waals surface area contributed by atoms with E-state index < -0.39 is 0 Å². The third-order valence-corrected chi connectivity index (χ3v) is 2.87. The van der Waals surface area contributed by atoms with E-state index in [0.717, 1.165) is 11.4 Å². The fraction of sp³-hybridized carbons (Fsp3) is 0.333. The van der Waals surface area contributed by atoms with E-state index in [-0.39, 0.29) is 18.4 Å². The Balaban J connectivity index is 0.00000128. The standard InChI is InChI=1S/C12H15ClN2.ClH/c1-8(14)5-11-7-9-6-10(13)3-4-12(9)15(11)2;/h3-4,6-8H,5,14H2,1-2H3;1H. The molecule has 4 heteroatoms. The molecule has 0 bridgehead atoms. The zero-order chi connectivity index (χ0) is 11.0. The van der Waals surface area contributed by atoms with Crippen molar-refractivity contribution in [1.29, 1.82) is 0 Å². The van der Waals surface area contributed by atoms with Gasteiger partial charge in [0.15, 0.2) is 0 Å². The van der Waals surface area contributed by atoms with Crippen LogP contribution in [0.25, 0.3) is 10.9 Å². The smallest absolute Gasteiger partial charge is 0.0480 e. The summed E-state index contributed by atoms with van der Waals surface area (Å²) in [5, 5.41) is 1.96. The van der Waals surface area contributed by atoms with Crippen LogP contribution in [0.4, 0.5) is 0 Å². The van der Waals surface area contributed by atoms with Crippen molar-refractivity contribution in [2.45, 2.75) is 19.4 Å². The van der Waals surface area contributed by atoms with Crippen LogP contribution in [0.3, 0.4) is 0 Å². The van der Waals surface area contributed by atoms with Gasteiger partial charge in [-0.05, 0) is 31.2 Å². The lowest BCUT2D eigenvalue weighted by molar-refractivity contribution is 0.696. The van der Waals surface area contributed by atoms with Crippen LogP contribution in [0.1, 0.15) is 12.6 Å². The van der Waals surface area contributed by atoms with Gasteiger partial charge in [0, 0.05) is 41.1 Å². The molecule has 0 aliphatic heterocycles. The Labute approximate surface area is 107 Å². The van der Waals surface area contributed by atoms with E-state index >= 15 is 0 Å². The van der Waals surface area contributed by atoms with Gasteiger partial charge in [-0.15, -0.1) is 12.4 Å². The first-order chi connectivity index (χ1) is 7.08. The topological polar surface area (TPSA) is 30.9 Å². The lowest BCUT2D eigenvalue weighted by Gasteiger charge is -2.06. The van der Waals surface area contributed by atoms with Gasteiger partial charge in [-0.3, -0.25) is 0 Å². The molecule has 2 aromatic rings. The van der Waals surface area contributed by atoms with Crippen molar-refractivity contribution in [1.82, 2.24) is 4.57 Å². The lowest BCUT2D eigenvalue weighted by Crippen LogP contribution is -2.19. The first kappa shape index (κ1) is 13.4. The highest BCUT2D eigenvalue weighted by Gasteiger charge is 2.07. The average Bonchev–Trinajstić information content (AvgIpc) is 2.42. The van der Waals surface area contributed by atoms with Crippen molar-refractivity contribution < 1.29 is 0 Å². The fourth-order valence-electron chi connectivity index (χ4n) is 1.90. The van der Waals surface area contributed by atoms with Crippen molar-refractivity contribution >= 4 is 34.9 Å². The summed E-state index contributed by atoms with van der Waals surface area (Å²) in [5.41, 5.74) is 8.26. The summed E-state index contributed by atoms with van der Waals surface area (Å²) in [7, 11) is 2.06. The van der Waals surface area contributed by atoms with E-state index in [9.17, 15) is 0 Å². The largest absolute Gasteiger partial charge is 0.348 e. The van der Waals surface area contributed by atoms with Gasteiger partial charge < -0.3 is 10.3 Å². The van der Waals surface area contributed by atoms with Gasteiger partial charge in [0.1, 0.15) is 0 Å². The third-order valence-electron chi connectivity index (χ3n) is 2.63. The van der Waals surface area contributed by atoms with Gasteiger partial charge in [0.05, 0.1) is 0 Å². The molecule has 1 atom stereocenters. The molecule has 0 fully saturated rings. The molecule has 88 valence electrons. The number of nitrogens with two attached hydrogens (primary N) is 1. The Bertz CT molecular complexity index is 489. The van der Waals surface area contributed by atoms with Gasteiger partial charge in [0.2, 0.25) is 0 Å². The van der Waals surface area contributed by atoms with Crippen molar-refractivity contribution in [2.24, 2.45) is 12.8 Å². The summed E-state index contributed by atoms with van der Waals surface area (Å²) < 4.78 is 2.18. The predicted molar refractivity (Wildman–Crippen MR) is 72.5 cm³/mol. The van der Waals surface area contributed by atoms with Gasteiger partial charge >= 0.3 is 0 Å². The monoisotopic (exact) mass is 258 g/mol. The number of benzene rings is 1. The second-order valence-electron chi connectivity index (χ2n) is 4.08. The number of fused-ring (bicyclic) bond motifs is 1. The molecule has 0 radical (unpaired) electrons. The molecule has 1 unspecified atom stereocenters. The number of halogens is 2. The molecule has 2 rings (SSSR count). The number of nitrogens with zero attached hydrogens (tertiary/aromatic N) is 1. The SMILES string of the molecule is CC(N)Cc1cc2cc(Cl)ccc2n1C.Cl. The zero-order valence-electron chi connectivity index (χ0n) is 9.40. The van der Waals surface area contributed by atoms with Crippen LogP contribution in [-0.4, -0.2) is 10.6 Å². The van der Waals surface area contributed by atoms with Gasteiger partial charge in [-0.1, -0.05) is 11.6 Å². The molecule has 1 aromatic carbocycles. The van der Waals surface area contributed by atoms with Gasteiger partial charge in [-0.2, -0.15) is 0 Å². The van der Waals surface area contributed by atoms with Crippen LogP contribution in [0.5, 0.6) is 0 Å². The minimum absolute atomic E-state index is 0. The summed E-state index contributed by atoms with van der Waals surface area (Å²) in [6.07, 6.45) is 0.892. The molecule has 0 saturated heterocycles. The highest BCUT2D eigenvalue weighted by molar-refractivity contribution is 6.31. The van der Waals surface area contributed by atoms with Gasteiger partial charge in [-0.25, -0.2) is 0 Å². The molecule has 2 nitrogen and oxygen atoms in total. The van der Waals surface area contributed by atoms with Crippen LogP contribution >= 0.6 is 24.0 Å². The summed E-state index contributed by atoms with van der Waals surface area (Å²) in [4.78, 5) is 0. The maximum Gasteiger partial charge on any atom is 0.0480 e. The molecule has 0 saturated carbocycles. The molecule has 0 amide bonds. The Hall–Kier alpha value is -0.700. The maximum absolute atomic E-state index is 5.95. The van der Waals surface area contributed by atoms with E-state index in [4.69, 9.17) is 17.3 Å². The summed E-state index contributed by atoms with van der Waals surface area (Å²) in [6.45, 7) is 2.02. The minimum Gasteiger partial charge on any atom is -0.348 e. The molecule has 16 heavy (non-hydrogen) atoms. The molecule has 1 heterocycles. The van der Waals surface area contributed by atoms with Crippen molar-refractivity contribution in [3.63, 3.8) is 0 Å². The van der Waals surface area contributed by atoms with E-state index in [1.165, 1.54) is 16.6 Å². The summed E-state index contributed by atoms with van der Waals surface area (Å²) in [5.74, 6) is 0. The van der Waals surface area contributed by atoms with Crippen LogP contribution in [0, 0.1) is 0 Å². The van der Waals surface area contributed by atoms with Crippen LogP contribution in [-0.2, 0) is 13.5 Å². The number of aromatic nitrogens is 1. The van der Waals surface area contributed by atoms with Gasteiger partial charge in [0.25, 0.3) is 0 Å². The number of rotatable bonds is 2. The Morgan fingerprint density at radius 1 is 1.38 bits per heavy atom. The van der Waals surface area contributed by atoms with E-state index in [0.29, 0.717) is 0 Å². The predicted octanol–water partition coefficient (Wildman–Crippen LogP) is 3.14. The van der Waals surface area contributed by atoms with Crippen molar-refractivity contribution in [2.75, 3.05) is 0 Å². The van der Waals surface area contributed by atoms with E-state index in [2.05, 4.69) is 17.7 Å². The van der Waals surface area contributed by atoms with Crippen molar-refractivity contribution in [3.8, 4) is 0 Å². The Morgan fingerprint density at radius 3 is 2.69 bits per heavy atom. The Morgan fingerprint density at radius 2 is 2.06 bits per heavy atom. The molecule has 1 aromatic heterocycles. The third kappa shape index (κ3) is 2.51. The van der Waals surface area contributed by atoms with Crippen LogP contribution in [0.15, 0.2) is 24.3 Å².